The third-order valence-corrected chi connectivity index (χ3v) is 6.77. The Morgan fingerprint density at radius 2 is 1.42 bits per heavy atom. The molecule has 0 amide bonds. The average Bonchev–Trinajstić information content (AvgIpc) is 2.58. The van der Waals surface area contributed by atoms with Crippen molar-refractivity contribution >= 4 is 26.7 Å². The number of fused-ring (bicyclic) bond motifs is 1. The van der Waals surface area contributed by atoms with Gasteiger partial charge in [0, 0.05) is 5.39 Å². The number of sulfonamides is 1. The fraction of sp³-hybridized carbons (Fsp3) is 0.250. The summed E-state index contributed by atoms with van der Waals surface area (Å²) in [4.78, 5) is 4.56. The van der Waals surface area contributed by atoms with Crippen LogP contribution in [0.4, 0.5) is 5.82 Å². The second-order valence-corrected chi connectivity index (χ2v) is 8.22. The van der Waals surface area contributed by atoms with Gasteiger partial charge in [0.2, 0.25) is 0 Å². The molecule has 6 heteroatoms. The van der Waals surface area contributed by atoms with Crippen LogP contribution in [0.3, 0.4) is 0 Å². The van der Waals surface area contributed by atoms with Crippen molar-refractivity contribution in [3.8, 4) is 5.75 Å². The molecule has 1 heterocycles. The molecule has 0 aliphatic heterocycles. The van der Waals surface area contributed by atoms with Gasteiger partial charge in [-0.15, -0.1) is 0 Å². The van der Waals surface area contributed by atoms with Gasteiger partial charge in [-0.2, -0.15) is 0 Å². The molecule has 136 valence electrons. The van der Waals surface area contributed by atoms with E-state index in [1.807, 2.05) is 34.6 Å². The highest BCUT2D eigenvalue weighted by molar-refractivity contribution is 7.92. The number of benzene rings is 2. The Hall–Kier alpha value is -2.60. The molecule has 1 aromatic heterocycles. The van der Waals surface area contributed by atoms with Gasteiger partial charge in [0.05, 0.1) is 4.90 Å². The smallest absolute Gasteiger partial charge is 0.263 e. The van der Waals surface area contributed by atoms with E-state index in [1.54, 1.807) is 24.3 Å². The summed E-state index contributed by atoms with van der Waals surface area (Å²) in [6, 6.07) is 8.37. The Labute approximate surface area is 153 Å². The molecular weight excluding hydrogens is 348 g/mol. The number of aromatic nitrogens is 1. The number of hydrogen-bond donors (Lipinski definition) is 2. The van der Waals surface area contributed by atoms with Crippen LogP contribution < -0.4 is 4.72 Å². The molecule has 0 unspecified atom stereocenters. The van der Waals surface area contributed by atoms with Crippen LogP contribution in [-0.4, -0.2) is 18.5 Å². The fourth-order valence-electron chi connectivity index (χ4n) is 3.25. The van der Waals surface area contributed by atoms with Gasteiger partial charge < -0.3 is 5.11 Å². The van der Waals surface area contributed by atoms with Gasteiger partial charge in [-0.25, -0.2) is 13.4 Å². The van der Waals surface area contributed by atoms with E-state index in [0.29, 0.717) is 5.52 Å². The lowest BCUT2D eigenvalue weighted by molar-refractivity contribution is 0.480. The maximum absolute atomic E-state index is 13.1. The first kappa shape index (κ1) is 18.2. The number of nitrogens with one attached hydrogen (secondary N) is 1. The highest BCUT2D eigenvalue weighted by Gasteiger charge is 2.24. The van der Waals surface area contributed by atoms with E-state index in [0.717, 1.165) is 33.2 Å². The minimum atomic E-state index is -3.81. The van der Waals surface area contributed by atoms with Crippen LogP contribution in [0.15, 0.2) is 35.2 Å². The van der Waals surface area contributed by atoms with Crippen LogP contribution in [-0.2, 0) is 10.0 Å². The number of phenolic OH excluding ortho intramolecular Hbond substituents is 1. The van der Waals surface area contributed by atoms with Crippen molar-refractivity contribution in [1.82, 2.24) is 4.98 Å². The minimum absolute atomic E-state index is 0.0120. The summed E-state index contributed by atoms with van der Waals surface area (Å²) in [6.45, 7) is 9.51. The standard InChI is InChI=1S/C20H22N2O3S/c1-11-12(2)14(4)20(15(5)13(11)3)26(24,25)22-18-10-9-16-7-6-8-17(23)19(16)21-18/h6-10,23H,1-5H3,(H,21,22). The highest BCUT2D eigenvalue weighted by atomic mass is 32.2. The van der Waals surface area contributed by atoms with Crippen molar-refractivity contribution in [2.75, 3.05) is 4.72 Å². The largest absolute Gasteiger partial charge is 0.506 e. The van der Waals surface area contributed by atoms with Crippen molar-refractivity contribution in [2.45, 2.75) is 39.5 Å². The zero-order chi connectivity index (χ0) is 19.2. The number of anilines is 1. The molecule has 5 nitrogen and oxygen atoms in total. The van der Waals surface area contributed by atoms with E-state index < -0.39 is 10.0 Å². The maximum Gasteiger partial charge on any atom is 0.263 e. The first-order chi connectivity index (χ1) is 12.1. The lowest BCUT2D eigenvalue weighted by atomic mass is 9.95. The first-order valence-corrected chi connectivity index (χ1v) is 9.80. The monoisotopic (exact) mass is 370 g/mol. The second-order valence-electron chi connectivity index (χ2n) is 6.60. The Kier molecular flexibility index (Phi) is 4.40. The van der Waals surface area contributed by atoms with Gasteiger partial charge in [-0.1, -0.05) is 12.1 Å². The number of phenols is 1. The second kappa shape index (κ2) is 6.29. The zero-order valence-electron chi connectivity index (χ0n) is 15.5. The molecule has 0 bridgehead atoms. The summed E-state index contributed by atoms with van der Waals surface area (Å²) >= 11 is 0. The number of rotatable bonds is 3. The van der Waals surface area contributed by atoms with E-state index in [9.17, 15) is 13.5 Å². The van der Waals surface area contributed by atoms with E-state index in [2.05, 4.69) is 9.71 Å². The molecule has 0 atom stereocenters. The Morgan fingerprint density at radius 3 is 2.04 bits per heavy atom. The maximum atomic E-state index is 13.1. The van der Waals surface area contributed by atoms with Crippen LogP contribution in [0.2, 0.25) is 0 Å². The number of nitrogens with zero attached hydrogens (tertiary/aromatic N) is 1. The molecule has 0 spiro atoms. The van der Waals surface area contributed by atoms with Crippen LogP contribution in [0.5, 0.6) is 5.75 Å². The molecule has 0 aliphatic carbocycles. The lowest BCUT2D eigenvalue weighted by Crippen LogP contribution is -2.18. The average molecular weight is 370 g/mol. The molecule has 0 saturated heterocycles. The van der Waals surface area contributed by atoms with Crippen molar-refractivity contribution in [2.24, 2.45) is 0 Å². The number of aromatic hydroxyl groups is 1. The van der Waals surface area contributed by atoms with Crippen LogP contribution in [0.1, 0.15) is 27.8 Å². The fourth-order valence-corrected chi connectivity index (χ4v) is 4.85. The molecule has 0 saturated carbocycles. The van der Waals surface area contributed by atoms with Crippen molar-refractivity contribution in [3.05, 3.63) is 58.1 Å². The van der Waals surface area contributed by atoms with Gasteiger partial charge in [0.1, 0.15) is 17.1 Å². The van der Waals surface area contributed by atoms with Crippen molar-refractivity contribution in [1.29, 1.82) is 0 Å². The van der Waals surface area contributed by atoms with Gasteiger partial charge in [-0.05, 0) is 80.6 Å². The van der Waals surface area contributed by atoms with E-state index in [-0.39, 0.29) is 16.5 Å². The number of pyridine rings is 1. The Morgan fingerprint density at radius 1 is 0.846 bits per heavy atom. The van der Waals surface area contributed by atoms with Crippen LogP contribution >= 0.6 is 0 Å². The van der Waals surface area contributed by atoms with Crippen LogP contribution in [0, 0.1) is 34.6 Å². The van der Waals surface area contributed by atoms with Crippen molar-refractivity contribution in [3.63, 3.8) is 0 Å². The predicted octanol–water partition coefficient (Wildman–Crippen LogP) is 4.28. The quantitative estimate of drug-likeness (QED) is 0.721. The summed E-state index contributed by atoms with van der Waals surface area (Å²) < 4.78 is 28.7. The molecule has 3 rings (SSSR count). The van der Waals surface area contributed by atoms with Crippen LogP contribution in [0.25, 0.3) is 10.9 Å². The summed E-state index contributed by atoms with van der Waals surface area (Å²) in [5.74, 6) is 0.187. The van der Waals surface area contributed by atoms with Gasteiger partial charge in [-0.3, -0.25) is 4.72 Å². The third kappa shape index (κ3) is 2.90. The summed E-state index contributed by atoms with van der Waals surface area (Å²) in [6.07, 6.45) is 0. The van der Waals surface area contributed by atoms with Gasteiger partial charge >= 0.3 is 0 Å². The molecule has 2 aromatic carbocycles. The molecule has 0 aliphatic rings. The predicted molar refractivity (Wildman–Crippen MR) is 104 cm³/mol. The van der Waals surface area contributed by atoms with E-state index in [4.69, 9.17) is 0 Å². The zero-order valence-corrected chi connectivity index (χ0v) is 16.3. The normalized spacial score (nSPS) is 11.7. The van der Waals surface area contributed by atoms with Gasteiger partial charge in [0.15, 0.2) is 0 Å². The molecule has 3 aromatic rings. The summed E-state index contributed by atoms with van der Waals surface area (Å²) in [7, 11) is -3.81. The topological polar surface area (TPSA) is 79.3 Å². The number of hydrogen-bond acceptors (Lipinski definition) is 4. The van der Waals surface area contributed by atoms with Crippen molar-refractivity contribution < 1.29 is 13.5 Å². The first-order valence-electron chi connectivity index (χ1n) is 8.32. The summed E-state index contributed by atoms with van der Waals surface area (Å²) in [5, 5.41) is 10.7. The SMILES string of the molecule is Cc1c(C)c(C)c(S(=O)(=O)Nc2ccc3cccc(O)c3n2)c(C)c1C. The minimum Gasteiger partial charge on any atom is -0.506 e. The molecule has 2 N–H and O–H groups in total. The summed E-state index contributed by atoms with van der Waals surface area (Å²) in [5.41, 5.74) is 4.88. The molecule has 0 fully saturated rings. The van der Waals surface area contributed by atoms with Gasteiger partial charge in [0.25, 0.3) is 10.0 Å². The molecular formula is C20H22N2O3S. The van der Waals surface area contributed by atoms with E-state index in [1.165, 1.54) is 6.07 Å². The lowest BCUT2D eigenvalue weighted by Gasteiger charge is -2.19. The highest BCUT2D eigenvalue weighted by Crippen LogP contribution is 2.31. The Balaban J connectivity index is 2.13. The number of para-hydroxylation sites is 1. The third-order valence-electron chi connectivity index (χ3n) is 5.14. The van der Waals surface area contributed by atoms with E-state index >= 15 is 0 Å². The molecule has 0 radical (unpaired) electrons. The Bertz CT molecular complexity index is 1110. The molecule has 26 heavy (non-hydrogen) atoms.